The summed E-state index contributed by atoms with van der Waals surface area (Å²) in [4.78, 5) is 20.3. The van der Waals surface area contributed by atoms with Crippen LogP contribution in [0.5, 0.6) is 5.75 Å². The predicted molar refractivity (Wildman–Crippen MR) is 148 cm³/mol. The second-order valence-corrected chi connectivity index (χ2v) is 12.8. The minimum absolute atomic E-state index is 0.0203. The average Bonchev–Trinajstić information content (AvgIpc) is 3.05. The maximum absolute atomic E-state index is 13.4. The number of rotatable bonds is 9. The number of amides is 1. The van der Waals surface area contributed by atoms with E-state index in [1.807, 2.05) is 24.9 Å². The van der Waals surface area contributed by atoms with Crippen LogP contribution in [0.15, 0.2) is 17.0 Å². The van der Waals surface area contributed by atoms with Crippen LogP contribution in [0, 0.1) is 6.92 Å². The van der Waals surface area contributed by atoms with Crippen LogP contribution in [-0.2, 0) is 26.0 Å². The zero-order chi connectivity index (χ0) is 27.3. The number of nitrogens with zero attached hydrogens (tertiary/aromatic N) is 4. The summed E-state index contributed by atoms with van der Waals surface area (Å²) >= 11 is 0. The molecule has 1 aromatic carbocycles. The number of piperazine rings is 1. The van der Waals surface area contributed by atoms with Gasteiger partial charge in [-0.3, -0.25) is 9.69 Å². The van der Waals surface area contributed by atoms with Gasteiger partial charge in [-0.2, -0.15) is 4.31 Å². The Bertz CT molecular complexity index is 1060. The average molecular weight is 551 g/mol. The van der Waals surface area contributed by atoms with Crippen LogP contribution in [-0.4, -0.2) is 119 Å². The molecule has 1 aliphatic carbocycles. The normalized spacial score (nSPS) is 24.9. The molecule has 0 N–H and O–H groups in total. The molecule has 1 saturated carbocycles. The smallest absolute Gasteiger partial charge is 0.248 e. The molecule has 1 amide bonds. The van der Waals surface area contributed by atoms with Gasteiger partial charge in [0.1, 0.15) is 12.4 Å². The number of hydrogen-bond acceptors (Lipinski definition) is 7. The zero-order valence-corrected chi connectivity index (χ0v) is 24.5. The minimum Gasteiger partial charge on any atom is -0.497 e. The monoisotopic (exact) mass is 550 g/mol. The van der Waals surface area contributed by atoms with Crippen LogP contribution in [0.1, 0.15) is 50.2 Å². The molecule has 0 aromatic heterocycles. The highest BCUT2D eigenvalue weighted by molar-refractivity contribution is 7.89. The van der Waals surface area contributed by atoms with Gasteiger partial charge in [0, 0.05) is 58.4 Å². The van der Waals surface area contributed by atoms with Crippen LogP contribution in [0.2, 0.25) is 0 Å². The summed E-state index contributed by atoms with van der Waals surface area (Å²) in [5, 5.41) is 0. The van der Waals surface area contributed by atoms with E-state index in [9.17, 15) is 13.2 Å². The van der Waals surface area contributed by atoms with Crippen molar-refractivity contribution < 1.29 is 22.7 Å². The lowest BCUT2D eigenvalue weighted by molar-refractivity contribution is -0.138. The Labute approximate surface area is 229 Å². The third-order valence-electron chi connectivity index (χ3n) is 8.65. The van der Waals surface area contributed by atoms with E-state index in [1.54, 1.807) is 13.2 Å². The quantitative estimate of drug-likeness (QED) is 0.437. The highest BCUT2D eigenvalue weighted by Crippen LogP contribution is 2.32. The summed E-state index contributed by atoms with van der Waals surface area (Å²) in [5.74, 6) is 0.651. The van der Waals surface area contributed by atoms with E-state index in [4.69, 9.17) is 9.47 Å². The number of aryl methyl sites for hydroxylation is 2. The molecule has 1 aromatic rings. The predicted octanol–water partition coefficient (Wildman–Crippen LogP) is 2.36. The van der Waals surface area contributed by atoms with Gasteiger partial charge >= 0.3 is 0 Å². The Morgan fingerprint density at radius 1 is 1.11 bits per heavy atom. The van der Waals surface area contributed by atoms with Crippen molar-refractivity contribution >= 4 is 15.9 Å². The third-order valence-corrected chi connectivity index (χ3v) is 10.8. The van der Waals surface area contributed by atoms with Crippen molar-refractivity contribution in [3.63, 3.8) is 0 Å². The first-order chi connectivity index (χ1) is 18.2. The van der Waals surface area contributed by atoms with Crippen LogP contribution in [0.4, 0.5) is 0 Å². The van der Waals surface area contributed by atoms with E-state index in [0.29, 0.717) is 35.2 Å². The highest BCUT2D eigenvalue weighted by atomic mass is 32.2. The zero-order valence-electron chi connectivity index (χ0n) is 23.7. The largest absolute Gasteiger partial charge is 0.497 e. The lowest BCUT2D eigenvalue weighted by Crippen LogP contribution is -2.53. The molecular formula is C28H46N4O5S. The number of sulfonamides is 1. The number of fused-ring (bicyclic) bond motifs is 1. The molecule has 38 heavy (non-hydrogen) atoms. The molecule has 0 radical (unpaired) electrons. The SMILES string of the molecule is CCN1CCN([C@H]2CCC[C@@H](N(C)C(=O)COCCN3CCCc4cc(OC)cc(C)c4S3(=O)=O)C2)CC1. The first-order valence-electron chi connectivity index (χ1n) is 14.2. The highest BCUT2D eigenvalue weighted by Gasteiger charge is 2.33. The van der Waals surface area contributed by atoms with Crippen molar-refractivity contribution in [3.8, 4) is 5.75 Å². The molecule has 0 unspecified atom stereocenters. The fraction of sp³-hybridized carbons (Fsp3) is 0.750. The van der Waals surface area contributed by atoms with E-state index >= 15 is 0 Å². The molecule has 9 nitrogen and oxygen atoms in total. The fourth-order valence-corrected chi connectivity index (χ4v) is 8.21. The standard InChI is InChI=1S/C28H46N4O5S/c1-5-30-12-14-31(15-13-30)25-10-6-9-24(20-25)29(3)27(33)21-37-17-16-32-11-7-8-23-19-26(36-4)18-22(2)28(23)38(32,34)35/h18-19,24-25H,5-17,20-21H2,1-4H3/t24-,25+/m1/s1. The van der Waals surface area contributed by atoms with E-state index in [1.165, 1.54) is 10.7 Å². The second-order valence-electron chi connectivity index (χ2n) is 10.9. The van der Waals surface area contributed by atoms with Gasteiger partial charge in [-0.15, -0.1) is 0 Å². The Hall–Kier alpha value is -1.72. The van der Waals surface area contributed by atoms with Gasteiger partial charge in [0.05, 0.1) is 18.6 Å². The molecule has 2 aliphatic heterocycles. The summed E-state index contributed by atoms with van der Waals surface area (Å²) in [7, 11) is -0.153. The number of benzene rings is 1. The molecule has 4 rings (SSSR count). The first-order valence-corrected chi connectivity index (χ1v) is 15.7. The van der Waals surface area contributed by atoms with Crippen LogP contribution < -0.4 is 4.74 Å². The number of carbonyl (C=O) groups excluding carboxylic acids is 1. The molecule has 0 spiro atoms. The van der Waals surface area contributed by atoms with Gasteiger partial charge in [-0.1, -0.05) is 6.92 Å². The molecule has 2 atom stereocenters. The van der Waals surface area contributed by atoms with E-state index in [0.717, 1.165) is 64.0 Å². The van der Waals surface area contributed by atoms with Gasteiger partial charge < -0.3 is 19.3 Å². The van der Waals surface area contributed by atoms with Crippen LogP contribution in [0.25, 0.3) is 0 Å². The summed E-state index contributed by atoms with van der Waals surface area (Å²) in [6.07, 6.45) is 5.82. The summed E-state index contributed by atoms with van der Waals surface area (Å²) in [6.45, 7) is 10.5. The molecule has 1 saturated heterocycles. The topological polar surface area (TPSA) is 82.6 Å². The van der Waals surface area contributed by atoms with Crippen molar-refractivity contribution in [3.05, 3.63) is 23.3 Å². The number of carbonyl (C=O) groups is 1. The van der Waals surface area contributed by atoms with E-state index in [2.05, 4.69) is 16.7 Å². The molecule has 0 bridgehead atoms. The van der Waals surface area contributed by atoms with Gasteiger partial charge in [0.25, 0.3) is 0 Å². The number of hydrogen-bond donors (Lipinski definition) is 0. The van der Waals surface area contributed by atoms with Gasteiger partial charge in [-0.25, -0.2) is 8.42 Å². The lowest BCUT2D eigenvalue weighted by atomic mass is 9.88. The molecule has 2 heterocycles. The van der Waals surface area contributed by atoms with Crippen molar-refractivity contribution in [2.24, 2.45) is 0 Å². The van der Waals surface area contributed by atoms with Gasteiger partial charge in [0.2, 0.25) is 15.9 Å². The molecule has 10 heteroatoms. The Morgan fingerprint density at radius 3 is 2.58 bits per heavy atom. The molecule has 3 aliphatic rings. The Morgan fingerprint density at radius 2 is 1.87 bits per heavy atom. The van der Waals surface area contributed by atoms with Gasteiger partial charge in [-0.05, 0) is 75.3 Å². The summed E-state index contributed by atoms with van der Waals surface area (Å²) < 4.78 is 39.4. The van der Waals surface area contributed by atoms with Crippen LogP contribution in [0.3, 0.4) is 0 Å². The first kappa shape index (κ1) is 29.3. The summed E-state index contributed by atoms with van der Waals surface area (Å²) in [6, 6.07) is 4.38. The number of methoxy groups -OCH3 is 1. The summed E-state index contributed by atoms with van der Waals surface area (Å²) in [5.41, 5.74) is 1.50. The van der Waals surface area contributed by atoms with E-state index in [-0.39, 0.29) is 31.7 Å². The molecule has 214 valence electrons. The van der Waals surface area contributed by atoms with E-state index < -0.39 is 10.0 Å². The minimum atomic E-state index is -3.64. The van der Waals surface area contributed by atoms with Crippen molar-refractivity contribution in [1.82, 2.24) is 19.0 Å². The fourth-order valence-electron chi connectivity index (χ4n) is 6.31. The van der Waals surface area contributed by atoms with Gasteiger partial charge in [0.15, 0.2) is 0 Å². The van der Waals surface area contributed by atoms with Crippen molar-refractivity contribution in [1.29, 1.82) is 0 Å². The third kappa shape index (κ3) is 6.70. The van der Waals surface area contributed by atoms with Crippen LogP contribution >= 0.6 is 0 Å². The maximum atomic E-state index is 13.4. The van der Waals surface area contributed by atoms with Crippen molar-refractivity contribution in [2.45, 2.75) is 69.4 Å². The molecule has 2 fully saturated rings. The maximum Gasteiger partial charge on any atom is 0.248 e. The Kier molecular flexibility index (Phi) is 10.1. The number of ether oxygens (including phenoxy) is 2. The lowest BCUT2D eigenvalue weighted by Gasteiger charge is -2.43. The Balaban J connectivity index is 1.26. The second kappa shape index (κ2) is 13.1. The van der Waals surface area contributed by atoms with Crippen molar-refractivity contribution in [2.75, 3.05) is 73.2 Å². The number of likely N-dealkylation sites (N-methyl/N-ethyl adjacent to an activating group) is 2. The molecular weight excluding hydrogens is 504 g/mol.